The first-order chi connectivity index (χ1) is 25.1. The third kappa shape index (κ3) is 8.81. The summed E-state index contributed by atoms with van der Waals surface area (Å²) in [6, 6.07) is 15.9. The number of rotatable bonds is 9. The molecule has 1 fully saturated rings. The fraction of sp³-hybridized carbons (Fsp3) is 0.350. The van der Waals surface area contributed by atoms with Crippen molar-refractivity contribution in [2.75, 3.05) is 44.6 Å². The third-order valence-corrected chi connectivity index (χ3v) is 9.09. The molecule has 11 nitrogen and oxygen atoms in total. The van der Waals surface area contributed by atoms with Crippen molar-refractivity contribution in [1.29, 1.82) is 0 Å². The number of piperazine rings is 1. The minimum Gasteiger partial charge on any atom is -0.492 e. The maximum Gasteiger partial charge on any atom is 0.410 e. The van der Waals surface area contributed by atoms with Crippen LogP contribution >= 0.6 is 0 Å². The van der Waals surface area contributed by atoms with E-state index < -0.39 is 28.7 Å². The van der Waals surface area contributed by atoms with Crippen LogP contribution in [0.1, 0.15) is 56.1 Å². The SMILES string of the molecule is Cc1c(NC(=O)c2ccc(C(C)(C)O)cc2F)cc(F)cc1-c1ncnc2[nH]c(-c3ccc(OCCN4CCN(C(=O)OC(C)(C)C)CC4)cc3)cc12. The Kier molecular flexibility index (Phi) is 10.5. The molecule has 278 valence electrons. The van der Waals surface area contributed by atoms with Gasteiger partial charge in [0.05, 0.1) is 16.9 Å². The second-order valence-electron chi connectivity index (χ2n) is 14.7. The molecule has 5 aromatic rings. The van der Waals surface area contributed by atoms with Gasteiger partial charge in [-0.1, -0.05) is 6.07 Å². The lowest BCUT2D eigenvalue weighted by atomic mass is 9.96. The van der Waals surface area contributed by atoms with Crippen molar-refractivity contribution in [2.24, 2.45) is 0 Å². The molecule has 13 heteroatoms. The normalized spacial score (nSPS) is 14.0. The van der Waals surface area contributed by atoms with E-state index in [9.17, 15) is 19.1 Å². The van der Waals surface area contributed by atoms with Crippen LogP contribution in [0.15, 0.2) is 67.0 Å². The number of H-pyrrole nitrogens is 1. The monoisotopic (exact) mass is 726 g/mol. The Morgan fingerprint density at radius 1 is 0.943 bits per heavy atom. The van der Waals surface area contributed by atoms with Gasteiger partial charge in [-0.15, -0.1) is 0 Å². The number of nitrogens with one attached hydrogen (secondary N) is 2. The van der Waals surface area contributed by atoms with Crippen molar-refractivity contribution in [1.82, 2.24) is 24.8 Å². The average Bonchev–Trinajstić information content (AvgIpc) is 3.54. The van der Waals surface area contributed by atoms with Gasteiger partial charge in [-0.25, -0.2) is 23.5 Å². The van der Waals surface area contributed by atoms with E-state index in [-0.39, 0.29) is 17.3 Å². The van der Waals surface area contributed by atoms with Crippen molar-refractivity contribution < 1.29 is 33.0 Å². The minimum absolute atomic E-state index is 0.164. The summed E-state index contributed by atoms with van der Waals surface area (Å²) in [5.74, 6) is -1.46. The van der Waals surface area contributed by atoms with Gasteiger partial charge in [-0.3, -0.25) is 9.69 Å². The van der Waals surface area contributed by atoms with E-state index in [0.29, 0.717) is 53.1 Å². The molecule has 3 N–H and O–H groups in total. The number of aliphatic hydroxyl groups is 1. The molecule has 0 saturated carbocycles. The maximum atomic E-state index is 15.1. The van der Waals surface area contributed by atoms with Crippen LogP contribution in [0.3, 0.4) is 0 Å². The molecule has 3 heterocycles. The molecule has 2 amide bonds. The van der Waals surface area contributed by atoms with Crippen LogP contribution in [-0.4, -0.2) is 86.8 Å². The van der Waals surface area contributed by atoms with E-state index in [1.165, 1.54) is 44.4 Å². The summed E-state index contributed by atoms with van der Waals surface area (Å²) in [5, 5.41) is 13.5. The highest BCUT2D eigenvalue weighted by Gasteiger charge is 2.26. The molecule has 3 aromatic carbocycles. The smallest absolute Gasteiger partial charge is 0.410 e. The Morgan fingerprint density at radius 3 is 2.32 bits per heavy atom. The van der Waals surface area contributed by atoms with Crippen molar-refractivity contribution >= 4 is 28.7 Å². The maximum absolute atomic E-state index is 15.1. The molecule has 0 spiro atoms. The number of halogens is 2. The van der Waals surface area contributed by atoms with Gasteiger partial charge in [0.1, 0.15) is 41.6 Å². The zero-order valence-electron chi connectivity index (χ0n) is 30.7. The summed E-state index contributed by atoms with van der Waals surface area (Å²) in [7, 11) is 0. The topological polar surface area (TPSA) is 133 Å². The fourth-order valence-electron chi connectivity index (χ4n) is 6.14. The van der Waals surface area contributed by atoms with Gasteiger partial charge >= 0.3 is 6.09 Å². The highest BCUT2D eigenvalue weighted by molar-refractivity contribution is 6.06. The van der Waals surface area contributed by atoms with E-state index in [2.05, 4.69) is 25.2 Å². The van der Waals surface area contributed by atoms with E-state index in [1.807, 2.05) is 51.1 Å². The number of nitrogens with zero attached hydrogens (tertiary/aromatic N) is 4. The molecule has 0 unspecified atom stereocenters. The molecule has 1 aliphatic heterocycles. The Balaban J connectivity index is 1.12. The van der Waals surface area contributed by atoms with Crippen LogP contribution < -0.4 is 10.1 Å². The molecule has 0 radical (unpaired) electrons. The standard InChI is InChI=1S/C40H44F2N6O5/c1-24-30(20-27(41)21-33(24)46-37(49)29-12-9-26(19-32(29)42)40(5,6)51)35-31-22-34(45-36(31)44-23-43-35)25-7-10-28(11-8-25)52-18-17-47-13-15-48(16-14-47)38(50)53-39(2,3)4/h7-12,19-23,51H,13-18H2,1-6H3,(H,46,49)(H,43,44,45). The van der Waals surface area contributed by atoms with Crippen LogP contribution in [0, 0.1) is 18.6 Å². The van der Waals surface area contributed by atoms with Crippen molar-refractivity contribution in [2.45, 2.75) is 52.7 Å². The van der Waals surface area contributed by atoms with Gasteiger partial charge < -0.3 is 29.8 Å². The molecule has 1 aliphatic rings. The Labute approximate surface area is 307 Å². The van der Waals surface area contributed by atoms with E-state index in [0.717, 1.165) is 42.7 Å². The number of hydrogen-bond acceptors (Lipinski definition) is 8. The van der Waals surface area contributed by atoms with E-state index in [1.54, 1.807) is 11.8 Å². The Bertz CT molecular complexity index is 2130. The summed E-state index contributed by atoms with van der Waals surface area (Å²) in [6.45, 7) is 14.3. The molecular weight excluding hydrogens is 682 g/mol. The summed E-state index contributed by atoms with van der Waals surface area (Å²) in [5.41, 5.74) is 2.05. The van der Waals surface area contributed by atoms with Gasteiger partial charge in [0, 0.05) is 55.1 Å². The first-order valence-electron chi connectivity index (χ1n) is 17.5. The second-order valence-corrected chi connectivity index (χ2v) is 14.7. The number of anilines is 1. The number of carbonyl (C=O) groups is 2. The predicted octanol–water partition coefficient (Wildman–Crippen LogP) is 7.29. The summed E-state index contributed by atoms with van der Waals surface area (Å²) >= 11 is 0. The van der Waals surface area contributed by atoms with E-state index >= 15 is 4.39 Å². The lowest BCUT2D eigenvalue weighted by Crippen LogP contribution is -2.50. The largest absolute Gasteiger partial charge is 0.492 e. The van der Waals surface area contributed by atoms with Crippen molar-refractivity contribution in [3.05, 3.63) is 95.3 Å². The molecule has 1 saturated heterocycles. The van der Waals surface area contributed by atoms with Gasteiger partial charge in [-0.2, -0.15) is 0 Å². The number of carbonyl (C=O) groups excluding carboxylic acids is 2. The minimum atomic E-state index is -1.28. The summed E-state index contributed by atoms with van der Waals surface area (Å²) in [6.07, 6.45) is 1.10. The van der Waals surface area contributed by atoms with Gasteiger partial charge in [-0.05, 0) is 113 Å². The van der Waals surface area contributed by atoms with Gasteiger partial charge in [0.2, 0.25) is 0 Å². The Morgan fingerprint density at radius 2 is 1.66 bits per heavy atom. The van der Waals surface area contributed by atoms with Crippen LogP contribution in [0.4, 0.5) is 19.3 Å². The molecule has 0 aliphatic carbocycles. The summed E-state index contributed by atoms with van der Waals surface area (Å²) < 4.78 is 41.5. The molecule has 0 bridgehead atoms. The first kappa shape index (κ1) is 37.4. The van der Waals surface area contributed by atoms with Crippen LogP contribution in [0.2, 0.25) is 0 Å². The predicted molar refractivity (Wildman–Crippen MR) is 199 cm³/mol. The number of aromatic amines is 1. The highest BCUT2D eigenvalue weighted by atomic mass is 19.1. The molecule has 53 heavy (non-hydrogen) atoms. The number of amides is 2. The number of ether oxygens (including phenoxy) is 2. The fourth-order valence-corrected chi connectivity index (χ4v) is 6.14. The average molecular weight is 727 g/mol. The number of aromatic nitrogens is 3. The van der Waals surface area contributed by atoms with Crippen LogP contribution in [-0.2, 0) is 10.3 Å². The van der Waals surface area contributed by atoms with Crippen LogP contribution in [0.25, 0.3) is 33.5 Å². The zero-order chi connectivity index (χ0) is 38.1. The Hall–Kier alpha value is -5.40. The van der Waals surface area contributed by atoms with Crippen LogP contribution in [0.5, 0.6) is 5.75 Å². The van der Waals surface area contributed by atoms with Gasteiger partial charge in [0.15, 0.2) is 0 Å². The third-order valence-electron chi connectivity index (χ3n) is 9.09. The molecule has 6 rings (SSSR count). The highest BCUT2D eigenvalue weighted by Crippen LogP contribution is 2.35. The lowest BCUT2D eigenvalue weighted by molar-refractivity contribution is 0.0137. The number of hydrogen-bond donors (Lipinski definition) is 3. The molecule has 0 atom stereocenters. The summed E-state index contributed by atoms with van der Waals surface area (Å²) in [4.78, 5) is 41.6. The quantitative estimate of drug-likeness (QED) is 0.144. The van der Waals surface area contributed by atoms with E-state index in [4.69, 9.17) is 9.47 Å². The number of benzene rings is 3. The molecule has 2 aromatic heterocycles. The van der Waals surface area contributed by atoms with Crippen molar-refractivity contribution in [3.8, 4) is 28.3 Å². The van der Waals surface area contributed by atoms with Gasteiger partial charge in [0.25, 0.3) is 5.91 Å². The first-order valence-corrected chi connectivity index (χ1v) is 17.5. The van der Waals surface area contributed by atoms with Crippen molar-refractivity contribution in [3.63, 3.8) is 0 Å². The lowest BCUT2D eigenvalue weighted by Gasteiger charge is -2.35. The second kappa shape index (κ2) is 14.9. The zero-order valence-corrected chi connectivity index (χ0v) is 30.7. The molecular formula is C40H44F2N6O5. The number of fused-ring (bicyclic) bond motifs is 1.